The highest BCUT2D eigenvalue weighted by atomic mass is 19.1. The summed E-state index contributed by atoms with van der Waals surface area (Å²) >= 11 is 0. The molecule has 0 radical (unpaired) electrons. The number of benzene rings is 1. The summed E-state index contributed by atoms with van der Waals surface area (Å²) in [7, 11) is 0. The molecule has 1 aliphatic rings. The van der Waals surface area contributed by atoms with E-state index in [0.29, 0.717) is 0 Å². The van der Waals surface area contributed by atoms with Crippen molar-refractivity contribution in [3.8, 4) is 0 Å². The van der Waals surface area contributed by atoms with Gasteiger partial charge < -0.3 is 0 Å². The van der Waals surface area contributed by atoms with Crippen molar-refractivity contribution in [2.45, 2.75) is 32.6 Å². The summed E-state index contributed by atoms with van der Waals surface area (Å²) in [4.78, 5) is 0. The average Bonchev–Trinajstić information content (AvgIpc) is 2.25. The zero-order valence-corrected chi connectivity index (χ0v) is 9.17. The van der Waals surface area contributed by atoms with Crippen molar-refractivity contribution in [3.05, 3.63) is 41.2 Å². The van der Waals surface area contributed by atoms with Gasteiger partial charge in [-0.25, -0.2) is 4.39 Å². The van der Waals surface area contributed by atoms with E-state index in [-0.39, 0.29) is 5.82 Å². The van der Waals surface area contributed by atoms with Crippen molar-refractivity contribution in [3.63, 3.8) is 0 Å². The van der Waals surface area contributed by atoms with Crippen molar-refractivity contribution >= 4 is 6.08 Å². The summed E-state index contributed by atoms with van der Waals surface area (Å²) < 4.78 is 12.7. The topological polar surface area (TPSA) is 0 Å². The number of rotatable bonds is 1. The van der Waals surface area contributed by atoms with Gasteiger partial charge in [-0.15, -0.1) is 0 Å². The molecule has 2 rings (SSSR count). The van der Waals surface area contributed by atoms with Crippen LogP contribution < -0.4 is 0 Å². The SMILES string of the molecule is CC1CCC(=Cc2ccc(F)cc2)CC1. The molecule has 0 aromatic heterocycles. The fourth-order valence-corrected chi connectivity index (χ4v) is 2.07. The van der Waals surface area contributed by atoms with E-state index in [1.54, 1.807) is 0 Å². The molecule has 1 saturated carbocycles. The van der Waals surface area contributed by atoms with Gasteiger partial charge in [0, 0.05) is 0 Å². The molecule has 0 atom stereocenters. The quantitative estimate of drug-likeness (QED) is 0.635. The molecule has 0 nitrogen and oxygen atoms in total. The second-order valence-electron chi connectivity index (χ2n) is 4.54. The van der Waals surface area contributed by atoms with Gasteiger partial charge in [0.2, 0.25) is 0 Å². The lowest BCUT2D eigenvalue weighted by molar-refractivity contribution is 0.446. The van der Waals surface area contributed by atoms with E-state index >= 15 is 0 Å². The Balaban J connectivity index is 2.06. The van der Waals surface area contributed by atoms with Crippen molar-refractivity contribution < 1.29 is 4.39 Å². The van der Waals surface area contributed by atoms with Crippen molar-refractivity contribution in [1.29, 1.82) is 0 Å². The summed E-state index contributed by atoms with van der Waals surface area (Å²) in [6.45, 7) is 2.31. The zero-order chi connectivity index (χ0) is 10.7. The highest BCUT2D eigenvalue weighted by Gasteiger charge is 2.11. The molecule has 0 heterocycles. The minimum atomic E-state index is -0.158. The first-order chi connectivity index (χ1) is 7.24. The van der Waals surface area contributed by atoms with Gasteiger partial charge in [0.05, 0.1) is 0 Å². The van der Waals surface area contributed by atoms with Crippen molar-refractivity contribution in [2.75, 3.05) is 0 Å². The Morgan fingerprint density at radius 2 is 1.73 bits per heavy atom. The molecule has 1 aromatic rings. The van der Waals surface area contributed by atoms with Crippen LogP contribution in [0.5, 0.6) is 0 Å². The lowest BCUT2D eigenvalue weighted by Gasteiger charge is -2.20. The zero-order valence-electron chi connectivity index (χ0n) is 9.17. The first kappa shape index (κ1) is 10.4. The average molecular weight is 204 g/mol. The van der Waals surface area contributed by atoms with Crippen LogP contribution >= 0.6 is 0 Å². The van der Waals surface area contributed by atoms with E-state index in [0.717, 1.165) is 11.5 Å². The molecule has 1 heteroatoms. The summed E-state index contributed by atoms with van der Waals surface area (Å²) in [6.07, 6.45) is 7.22. The molecule has 80 valence electrons. The first-order valence-electron chi connectivity index (χ1n) is 5.69. The molecule has 0 bridgehead atoms. The fourth-order valence-electron chi connectivity index (χ4n) is 2.07. The minimum Gasteiger partial charge on any atom is -0.207 e. The Morgan fingerprint density at radius 1 is 1.13 bits per heavy atom. The van der Waals surface area contributed by atoms with Crippen molar-refractivity contribution in [1.82, 2.24) is 0 Å². The van der Waals surface area contributed by atoms with Crippen molar-refractivity contribution in [2.24, 2.45) is 5.92 Å². The molecule has 15 heavy (non-hydrogen) atoms. The van der Waals surface area contributed by atoms with Gasteiger partial charge >= 0.3 is 0 Å². The van der Waals surface area contributed by atoms with Crippen LogP contribution in [0.25, 0.3) is 6.08 Å². The smallest absolute Gasteiger partial charge is 0.123 e. The van der Waals surface area contributed by atoms with Crippen LogP contribution in [0.1, 0.15) is 38.2 Å². The number of hydrogen-bond acceptors (Lipinski definition) is 0. The Hall–Kier alpha value is -1.11. The number of allylic oxidation sites excluding steroid dienone is 1. The molecule has 1 aromatic carbocycles. The minimum absolute atomic E-state index is 0.158. The second-order valence-corrected chi connectivity index (χ2v) is 4.54. The monoisotopic (exact) mass is 204 g/mol. The molecule has 0 amide bonds. The van der Waals surface area contributed by atoms with Crippen LogP contribution in [0.2, 0.25) is 0 Å². The van der Waals surface area contributed by atoms with Crippen LogP contribution in [0, 0.1) is 11.7 Å². The van der Waals surface area contributed by atoms with Crippen LogP contribution in [0.15, 0.2) is 29.8 Å². The predicted molar refractivity (Wildman–Crippen MR) is 62.0 cm³/mol. The molecule has 0 saturated heterocycles. The third-order valence-corrected chi connectivity index (χ3v) is 3.16. The van der Waals surface area contributed by atoms with Gasteiger partial charge in [0.15, 0.2) is 0 Å². The van der Waals surface area contributed by atoms with Gasteiger partial charge in [-0.05, 0) is 49.3 Å². The van der Waals surface area contributed by atoms with Crippen LogP contribution in [0.4, 0.5) is 4.39 Å². The van der Waals surface area contributed by atoms with E-state index in [1.807, 2.05) is 12.1 Å². The predicted octanol–water partition coefficient (Wildman–Crippen LogP) is 4.42. The largest absolute Gasteiger partial charge is 0.207 e. The highest BCUT2D eigenvalue weighted by Crippen LogP contribution is 2.28. The third-order valence-electron chi connectivity index (χ3n) is 3.16. The van der Waals surface area contributed by atoms with Gasteiger partial charge in [-0.2, -0.15) is 0 Å². The Morgan fingerprint density at radius 3 is 2.33 bits per heavy atom. The normalized spacial score (nSPS) is 21.5. The maximum Gasteiger partial charge on any atom is 0.123 e. The van der Waals surface area contributed by atoms with E-state index < -0.39 is 0 Å². The molecule has 0 unspecified atom stereocenters. The standard InChI is InChI=1S/C14H17F/c1-11-2-4-12(5-3-11)10-13-6-8-14(15)9-7-13/h6-11H,2-5H2,1H3. The Labute approximate surface area is 90.8 Å². The number of halogens is 1. The fraction of sp³-hybridized carbons (Fsp3) is 0.429. The van der Waals surface area contributed by atoms with E-state index in [4.69, 9.17) is 0 Å². The molecular weight excluding hydrogens is 187 g/mol. The summed E-state index contributed by atoms with van der Waals surface area (Å²) in [5.74, 6) is 0.713. The molecular formula is C14H17F. The summed E-state index contributed by atoms with van der Waals surface area (Å²) in [5.41, 5.74) is 2.64. The lowest BCUT2D eigenvalue weighted by Crippen LogP contribution is -2.03. The van der Waals surface area contributed by atoms with Gasteiger partial charge in [0.1, 0.15) is 5.82 Å². The van der Waals surface area contributed by atoms with Gasteiger partial charge in [-0.1, -0.05) is 30.7 Å². The molecule has 0 aliphatic heterocycles. The van der Waals surface area contributed by atoms with Crippen LogP contribution in [0.3, 0.4) is 0 Å². The lowest BCUT2D eigenvalue weighted by atomic mass is 9.86. The maximum absolute atomic E-state index is 12.7. The molecule has 0 spiro atoms. The second kappa shape index (κ2) is 4.61. The van der Waals surface area contributed by atoms with E-state index in [2.05, 4.69) is 13.0 Å². The van der Waals surface area contributed by atoms with Crippen LogP contribution in [-0.2, 0) is 0 Å². The molecule has 1 fully saturated rings. The third kappa shape index (κ3) is 2.92. The first-order valence-corrected chi connectivity index (χ1v) is 5.69. The molecule has 0 N–H and O–H groups in total. The summed E-state index contributed by atoms with van der Waals surface area (Å²) in [5, 5.41) is 0. The molecule has 1 aliphatic carbocycles. The number of hydrogen-bond donors (Lipinski definition) is 0. The van der Waals surface area contributed by atoms with Gasteiger partial charge in [-0.3, -0.25) is 0 Å². The summed E-state index contributed by atoms with van der Waals surface area (Å²) in [6, 6.07) is 6.75. The Kier molecular flexibility index (Phi) is 3.20. The van der Waals surface area contributed by atoms with Crippen LogP contribution in [-0.4, -0.2) is 0 Å². The Bertz CT molecular complexity index is 338. The van der Waals surface area contributed by atoms with E-state index in [9.17, 15) is 4.39 Å². The maximum atomic E-state index is 12.7. The van der Waals surface area contributed by atoms with E-state index in [1.165, 1.54) is 43.4 Å². The van der Waals surface area contributed by atoms with Gasteiger partial charge in [0.25, 0.3) is 0 Å². The highest BCUT2D eigenvalue weighted by molar-refractivity contribution is 5.52.